The van der Waals surface area contributed by atoms with Gasteiger partial charge in [0, 0.05) is 19.7 Å². The first-order chi connectivity index (χ1) is 12.1. The molecule has 0 saturated heterocycles. The van der Waals surface area contributed by atoms with E-state index in [0.717, 1.165) is 23.4 Å². The molecule has 2 aromatic carbocycles. The molecule has 0 atom stereocenters. The highest BCUT2D eigenvalue weighted by Gasteiger charge is 2.03. The first-order valence-corrected chi connectivity index (χ1v) is 7.77. The van der Waals surface area contributed by atoms with Gasteiger partial charge in [-0.25, -0.2) is 8.78 Å². The molecule has 8 heteroatoms. The summed E-state index contributed by atoms with van der Waals surface area (Å²) in [6.07, 6.45) is 0. The topological polar surface area (TPSA) is 54.9 Å². The Balaban J connectivity index is 0.00000338. The zero-order valence-electron chi connectivity index (χ0n) is 14.6. The Morgan fingerprint density at radius 1 is 1.00 bits per heavy atom. The molecular formula is C18H22F2IN3O2. The van der Waals surface area contributed by atoms with Gasteiger partial charge in [0.1, 0.15) is 18.1 Å². The van der Waals surface area contributed by atoms with Crippen LogP contribution < -0.4 is 20.1 Å². The van der Waals surface area contributed by atoms with E-state index in [1.807, 2.05) is 24.3 Å². The van der Waals surface area contributed by atoms with Crippen LogP contribution in [-0.2, 0) is 6.54 Å². The van der Waals surface area contributed by atoms with E-state index in [1.54, 1.807) is 14.2 Å². The lowest BCUT2D eigenvalue weighted by Gasteiger charge is -2.13. The quantitative estimate of drug-likeness (QED) is 0.278. The molecule has 0 saturated carbocycles. The lowest BCUT2D eigenvalue weighted by atomic mass is 10.2. The predicted molar refractivity (Wildman–Crippen MR) is 108 cm³/mol. The Labute approximate surface area is 168 Å². The summed E-state index contributed by atoms with van der Waals surface area (Å²) >= 11 is 0. The van der Waals surface area contributed by atoms with Crippen molar-refractivity contribution in [2.24, 2.45) is 4.99 Å². The van der Waals surface area contributed by atoms with Gasteiger partial charge in [-0.2, -0.15) is 0 Å². The molecule has 26 heavy (non-hydrogen) atoms. The fourth-order valence-corrected chi connectivity index (χ4v) is 2.05. The highest BCUT2D eigenvalue weighted by Crippen LogP contribution is 2.15. The van der Waals surface area contributed by atoms with Crippen LogP contribution in [0.3, 0.4) is 0 Å². The summed E-state index contributed by atoms with van der Waals surface area (Å²) < 4.78 is 36.4. The highest BCUT2D eigenvalue weighted by atomic mass is 127. The molecular weight excluding hydrogens is 455 g/mol. The molecule has 0 spiro atoms. The van der Waals surface area contributed by atoms with Crippen LogP contribution in [0.25, 0.3) is 0 Å². The van der Waals surface area contributed by atoms with Gasteiger partial charge in [0.25, 0.3) is 0 Å². The molecule has 2 aromatic rings. The van der Waals surface area contributed by atoms with Gasteiger partial charge >= 0.3 is 0 Å². The van der Waals surface area contributed by atoms with E-state index in [-0.39, 0.29) is 36.3 Å². The van der Waals surface area contributed by atoms with Crippen LogP contribution in [0, 0.1) is 11.6 Å². The minimum absolute atomic E-state index is 0. The van der Waals surface area contributed by atoms with E-state index in [2.05, 4.69) is 15.6 Å². The van der Waals surface area contributed by atoms with Gasteiger partial charge in [-0.05, 0) is 29.8 Å². The summed E-state index contributed by atoms with van der Waals surface area (Å²) in [5, 5.41) is 6.25. The molecule has 0 unspecified atom stereocenters. The monoisotopic (exact) mass is 477 g/mol. The number of nitrogens with one attached hydrogen (secondary N) is 2. The normalized spacial score (nSPS) is 10.7. The van der Waals surface area contributed by atoms with Gasteiger partial charge in [-0.1, -0.05) is 12.1 Å². The molecule has 2 N–H and O–H groups in total. The number of methoxy groups -OCH3 is 1. The average molecular weight is 477 g/mol. The van der Waals surface area contributed by atoms with Gasteiger partial charge in [0.05, 0.1) is 13.7 Å². The molecule has 0 aliphatic heterocycles. The molecule has 5 nitrogen and oxygen atoms in total. The van der Waals surface area contributed by atoms with E-state index < -0.39 is 11.6 Å². The van der Waals surface area contributed by atoms with E-state index in [4.69, 9.17) is 9.47 Å². The largest absolute Gasteiger partial charge is 0.497 e. The van der Waals surface area contributed by atoms with Crippen LogP contribution in [0.5, 0.6) is 11.5 Å². The van der Waals surface area contributed by atoms with Gasteiger partial charge in [0.2, 0.25) is 0 Å². The first kappa shape index (κ1) is 21.9. The molecule has 0 aliphatic carbocycles. The van der Waals surface area contributed by atoms with Crippen LogP contribution in [0.1, 0.15) is 5.56 Å². The number of hydrogen-bond donors (Lipinski definition) is 2. The fraction of sp³-hybridized carbons (Fsp3) is 0.278. The number of nitrogens with zero attached hydrogens (tertiary/aromatic N) is 1. The van der Waals surface area contributed by atoms with Gasteiger partial charge in [-0.15, -0.1) is 24.0 Å². The summed E-state index contributed by atoms with van der Waals surface area (Å²) in [6, 6.07) is 11.1. The third-order valence-electron chi connectivity index (χ3n) is 3.40. The highest BCUT2D eigenvalue weighted by molar-refractivity contribution is 14.0. The number of aliphatic imine (C=N–C) groups is 1. The third-order valence-corrected chi connectivity index (χ3v) is 3.40. The van der Waals surface area contributed by atoms with Crippen molar-refractivity contribution in [2.75, 3.05) is 27.3 Å². The van der Waals surface area contributed by atoms with Crippen molar-refractivity contribution in [2.45, 2.75) is 6.54 Å². The maximum atomic E-state index is 13.1. The summed E-state index contributed by atoms with van der Waals surface area (Å²) in [6.45, 7) is 1.35. The number of ether oxygens (including phenoxy) is 2. The van der Waals surface area contributed by atoms with Crippen LogP contribution in [-0.4, -0.2) is 33.3 Å². The zero-order chi connectivity index (χ0) is 18.1. The number of benzene rings is 2. The molecule has 0 aliphatic rings. The molecule has 142 valence electrons. The van der Waals surface area contributed by atoms with Crippen molar-refractivity contribution in [3.63, 3.8) is 0 Å². The van der Waals surface area contributed by atoms with Gasteiger partial charge in [0.15, 0.2) is 17.6 Å². The Bertz CT molecular complexity index is 712. The van der Waals surface area contributed by atoms with Crippen molar-refractivity contribution >= 4 is 29.9 Å². The standard InChI is InChI=1S/C18H21F2N3O2.HI/c1-21-18(23-12-13-3-5-14(24-2)6-4-13)22-9-10-25-15-7-8-16(19)17(20)11-15;/h3-8,11H,9-10,12H2,1-2H3,(H2,21,22,23);1H. The lowest BCUT2D eigenvalue weighted by Crippen LogP contribution is -2.38. The summed E-state index contributed by atoms with van der Waals surface area (Å²) in [5.41, 5.74) is 1.08. The van der Waals surface area contributed by atoms with Crippen molar-refractivity contribution in [3.05, 3.63) is 59.7 Å². The van der Waals surface area contributed by atoms with Gasteiger partial charge < -0.3 is 20.1 Å². The van der Waals surface area contributed by atoms with Crippen molar-refractivity contribution in [1.82, 2.24) is 10.6 Å². The number of hydrogen-bond acceptors (Lipinski definition) is 3. The summed E-state index contributed by atoms with van der Waals surface area (Å²) in [4.78, 5) is 4.11. The second kappa shape index (κ2) is 11.5. The molecule has 0 fully saturated rings. The van der Waals surface area contributed by atoms with Crippen LogP contribution in [0.15, 0.2) is 47.5 Å². The molecule has 2 rings (SSSR count). The summed E-state index contributed by atoms with van der Waals surface area (Å²) in [7, 11) is 3.29. The number of guanidine groups is 1. The molecule has 0 radical (unpaired) electrons. The Morgan fingerprint density at radius 3 is 2.31 bits per heavy atom. The minimum Gasteiger partial charge on any atom is -0.497 e. The van der Waals surface area contributed by atoms with Crippen molar-refractivity contribution in [3.8, 4) is 11.5 Å². The van der Waals surface area contributed by atoms with E-state index in [9.17, 15) is 8.78 Å². The molecule has 0 aromatic heterocycles. The Hall–Kier alpha value is -2.10. The SMILES string of the molecule is CN=C(NCCOc1ccc(F)c(F)c1)NCc1ccc(OC)cc1.I. The van der Waals surface area contributed by atoms with E-state index >= 15 is 0 Å². The minimum atomic E-state index is -0.928. The lowest BCUT2D eigenvalue weighted by molar-refractivity contribution is 0.318. The third kappa shape index (κ3) is 7.03. The number of rotatable bonds is 7. The average Bonchev–Trinajstić information content (AvgIpc) is 2.64. The van der Waals surface area contributed by atoms with E-state index in [0.29, 0.717) is 19.0 Å². The first-order valence-electron chi connectivity index (χ1n) is 7.77. The Morgan fingerprint density at radius 2 is 1.69 bits per heavy atom. The second-order valence-electron chi connectivity index (χ2n) is 5.12. The number of halogens is 3. The molecule has 0 amide bonds. The van der Waals surface area contributed by atoms with Crippen LogP contribution >= 0.6 is 24.0 Å². The zero-order valence-corrected chi connectivity index (χ0v) is 16.9. The summed E-state index contributed by atoms with van der Waals surface area (Å²) in [5.74, 6) is -0.122. The van der Waals surface area contributed by atoms with Crippen molar-refractivity contribution in [1.29, 1.82) is 0 Å². The Kier molecular flexibility index (Phi) is 9.71. The fourth-order valence-electron chi connectivity index (χ4n) is 2.05. The molecule has 0 bridgehead atoms. The smallest absolute Gasteiger partial charge is 0.191 e. The van der Waals surface area contributed by atoms with Crippen LogP contribution in [0.4, 0.5) is 8.78 Å². The predicted octanol–water partition coefficient (Wildman–Crippen LogP) is 3.34. The maximum Gasteiger partial charge on any atom is 0.191 e. The van der Waals surface area contributed by atoms with Crippen molar-refractivity contribution < 1.29 is 18.3 Å². The van der Waals surface area contributed by atoms with E-state index in [1.165, 1.54) is 6.07 Å². The van der Waals surface area contributed by atoms with Gasteiger partial charge in [-0.3, -0.25) is 4.99 Å². The second-order valence-corrected chi connectivity index (χ2v) is 5.12. The van der Waals surface area contributed by atoms with Crippen LogP contribution in [0.2, 0.25) is 0 Å². The molecule has 0 heterocycles. The maximum absolute atomic E-state index is 13.1.